The van der Waals surface area contributed by atoms with Crippen LogP contribution in [-0.4, -0.2) is 26.2 Å². The van der Waals surface area contributed by atoms with E-state index in [1.54, 1.807) is 24.3 Å². The lowest BCUT2D eigenvalue weighted by atomic mass is 10.1. The van der Waals surface area contributed by atoms with E-state index in [1.165, 1.54) is 6.07 Å². The van der Waals surface area contributed by atoms with Crippen molar-refractivity contribution >= 4 is 10.4 Å². The van der Waals surface area contributed by atoms with E-state index >= 15 is 0 Å². The van der Waals surface area contributed by atoms with Gasteiger partial charge in [-0.2, -0.15) is 8.42 Å². The van der Waals surface area contributed by atoms with Crippen LogP contribution >= 0.6 is 0 Å². The molecule has 0 aromatic heterocycles. The summed E-state index contributed by atoms with van der Waals surface area (Å²) < 4.78 is 37.5. The topological polar surface area (TPSA) is 82.1 Å². The van der Waals surface area contributed by atoms with Gasteiger partial charge in [-0.15, -0.1) is 6.58 Å². The zero-order valence-corrected chi connectivity index (χ0v) is 12.4. The zero-order chi connectivity index (χ0) is 15.4. The molecular weight excluding hydrogens is 284 g/mol. The minimum absolute atomic E-state index is 0.218. The Labute approximate surface area is 119 Å². The van der Waals surface area contributed by atoms with Crippen LogP contribution in [0.25, 0.3) is 0 Å². The molecule has 0 aliphatic carbocycles. The van der Waals surface area contributed by atoms with E-state index in [0.717, 1.165) is 13.2 Å². The van der Waals surface area contributed by atoms with Gasteiger partial charge in [0.25, 0.3) is 0 Å². The maximum Gasteiger partial charge on any atom is 0.432 e. The van der Waals surface area contributed by atoms with E-state index in [0.29, 0.717) is 12.0 Å². The second-order valence-electron chi connectivity index (χ2n) is 3.46. The zero-order valence-electron chi connectivity index (χ0n) is 11.6. The molecule has 0 heterocycles. The van der Waals surface area contributed by atoms with Gasteiger partial charge in [0.05, 0.1) is 0 Å². The molecule has 0 bridgehead atoms. The monoisotopic (exact) mass is 304 g/mol. The van der Waals surface area contributed by atoms with Gasteiger partial charge in [-0.05, 0) is 30.7 Å². The number of benzene rings is 1. The SMILES string of the molecule is C=CCc1ccccc1OOS(=O)(=O)O.CCOCC. The lowest BCUT2D eigenvalue weighted by molar-refractivity contribution is -0.103. The van der Waals surface area contributed by atoms with Gasteiger partial charge in [-0.25, -0.2) is 0 Å². The molecule has 0 aliphatic rings. The Hall–Kier alpha value is -1.41. The summed E-state index contributed by atoms with van der Waals surface area (Å²) >= 11 is 0. The normalized spacial score (nSPS) is 10.3. The summed E-state index contributed by atoms with van der Waals surface area (Å²) in [7, 11) is -4.60. The highest BCUT2D eigenvalue weighted by Crippen LogP contribution is 2.19. The van der Waals surface area contributed by atoms with Crippen LogP contribution in [0.15, 0.2) is 36.9 Å². The van der Waals surface area contributed by atoms with Crippen molar-refractivity contribution in [3.8, 4) is 5.75 Å². The highest BCUT2D eigenvalue weighted by molar-refractivity contribution is 7.80. The molecule has 1 aromatic rings. The summed E-state index contributed by atoms with van der Waals surface area (Å²) in [5.74, 6) is 0.218. The third-order valence-electron chi connectivity index (χ3n) is 1.95. The molecule has 0 saturated carbocycles. The van der Waals surface area contributed by atoms with Crippen molar-refractivity contribution in [2.75, 3.05) is 13.2 Å². The number of rotatable bonds is 7. The minimum Gasteiger partial charge on any atom is -0.382 e. The quantitative estimate of drug-likeness (QED) is 0.361. The van der Waals surface area contributed by atoms with Crippen molar-refractivity contribution < 1.29 is 26.9 Å². The van der Waals surface area contributed by atoms with Gasteiger partial charge >= 0.3 is 10.4 Å². The maximum absolute atomic E-state index is 10.3. The van der Waals surface area contributed by atoms with E-state index in [9.17, 15) is 8.42 Å². The third-order valence-corrected chi connectivity index (χ3v) is 2.19. The van der Waals surface area contributed by atoms with Gasteiger partial charge in [-0.3, -0.25) is 4.55 Å². The first-order chi connectivity index (χ1) is 9.44. The number of ether oxygens (including phenoxy) is 1. The predicted molar refractivity (Wildman–Crippen MR) is 75.8 cm³/mol. The van der Waals surface area contributed by atoms with Crippen molar-refractivity contribution in [3.63, 3.8) is 0 Å². The maximum atomic E-state index is 10.3. The van der Waals surface area contributed by atoms with Crippen molar-refractivity contribution in [2.45, 2.75) is 20.3 Å². The molecule has 0 spiro atoms. The Bertz CT molecular complexity index is 481. The molecule has 0 atom stereocenters. The lowest BCUT2D eigenvalue weighted by Crippen LogP contribution is -2.07. The van der Waals surface area contributed by atoms with Crippen LogP contribution in [0.2, 0.25) is 0 Å². The van der Waals surface area contributed by atoms with Crippen LogP contribution in [0.4, 0.5) is 0 Å². The molecular formula is C13H20O6S. The van der Waals surface area contributed by atoms with Crippen LogP contribution < -0.4 is 4.89 Å². The highest BCUT2D eigenvalue weighted by atomic mass is 32.3. The molecule has 1 aromatic carbocycles. The van der Waals surface area contributed by atoms with Gasteiger partial charge in [0.2, 0.25) is 0 Å². The molecule has 20 heavy (non-hydrogen) atoms. The molecule has 6 nitrogen and oxygen atoms in total. The summed E-state index contributed by atoms with van der Waals surface area (Å²) in [6, 6.07) is 6.66. The average molecular weight is 304 g/mol. The van der Waals surface area contributed by atoms with Crippen LogP contribution in [0.3, 0.4) is 0 Å². The van der Waals surface area contributed by atoms with Crippen LogP contribution in [0.1, 0.15) is 19.4 Å². The molecule has 1 rings (SSSR count). The first-order valence-electron chi connectivity index (χ1n) is 6.04. The van der Waals surface area contributed by atoms with E-state index in [1.807, 2.05) is 13.8 Å². The molecule has 114 valence electrons. The smallest absolute Gasteiger partial charge is 0.382 e. The van der Waals surface area contributed by atoms with Crippen molar-refractivity contribution in [2.24, 2.45) is 0 Å². The average Bonchev–Trinajstić information content (AvgIpc) is 2.39. The minimum atomic E-state index is -4.60. The van der Waals surface area contributed by atoms with Gasteiger partial charge < -0.3 is 9.62 Å². The second kappa shape index (κ2) is 10.4. The highest BCUT2D eigenvalue weighted by Gasteiger charge is 2.09. The molecule has 0 unspecified atom stereocenters. The van der Waals surface area contributed by atoms with E-state index < -0.39 is 10.4 Å². The summed E-state index contributed by atoms with van der Waals surface area (Å²) in [5, 5.41) is 0. The predicted octanol–water partition coefficient (Wildman–Crippen LogP) is 2.57. The Balaban J connectivity index is 0.000000621. The van der Waals surface area contributed by atoms with Crippen molar-refractivity contribution in [1.82, 2.24) is 0 Å². The van der Waals surface area contributed by atoms with Gasteiger partial charge in [0, 0.05) is 18.8 Å². The summed E-state index contributed by atoms with van der Waals surface area (Å²) in [6.07, 6.45) is 2.14. The standard InChI is InChI=1S/C9H10O5S.C4H10O/c1-2-5-8-6-3-4-7-9(8)13-14-15(10,11)12;1-3-5-4-2/h2-4,6-7H,1,5H2,(H,10,11,12);3-4H2,1-2H3. The molecule has 0 fully saturated rings. The van der Waals surface area contributed by atoms with Gasteiger partial charge in [-0.1, -0.05) is 24.3 Å². The fraction of sp³-hybridized carbons (Fsp3) is 0.385. The Morgan fingerprint density at radius 3 is 2.30 bits per heavy atom. The second-order valence-corrected chi connectivity index (χ2v) is 4.45. The Morgan fingerprint density at radius 1 is 1.25 bits per heavy atom. The number of allylic oxidation sites excluding steroid dienone is 1. The number of para-hydroxylation sites is 1. The molecule has 0 radical (unpaired) electrons. The Morgan fingerprint density at radius 2 is 1.85 bits per heavy atom. The van der Waals surface area contributed by atoms with E-state index in [-0.39, 0.29) is 5.75 Å². The summed E-state index contributed by atoms with van der Waals surface area (Å²) in [4.78, 5) is 4.47. The molecule has 7 heteroatoms. The Kier molecular flexibility index (Phi) is 9.65. The number of hydrogen-bond acceptors (Lipinski definition) is 5. The molecule has 0 amide bonds. The molecule has 1 N–H and O–H groups in total. The number of hydrogen-bond donors (Lipinski definition) is 1. The first-order valence-corrected chi connectivity index (χ1v) is 7.41. The van der Waals surface area contributed by atoms with Crippen molar-refractivity contribution in [1.29, 1.82) is 0 Å². The van der Waals surface area contributed by atoms with E-state index in [4.69, 9.17) is 9.29 Å². The third kappa shape index (κ3) is 9.51. The van der Waals surface area contributed by atoms with E-state index in [2.05, 4.69) is 15.8 Å². The van der Waals surface area contributed by atoms with Crippen LogP contribution in [-0.2, 0) is 25.9 Å². The van der Waals surface area contributed by atoms with Crippen LogP contribution in [0.5, 0.6) is 5.75 Å². The fourth-order valence-electron chi connectivity index (χ4n) is 1.19. The van der Waals surface area contributed by atoms with Gasteiger partial charge in [0.15, 0.2) is 5.75 Å². The largest absolute Gasteiger partial charge is 0.432 e. The van der Waals surface area contributed by atoms with Crippen LogP contribution in [0, 0.1) is 0 Å². The van der Waals surface area contributed by atoms with Gasteiger partial charge in [0.1, 0.15) is 0 Å². The summed E-state index contributed by atoms with van der Waals surface area (Å²) in [6.45, 7) is 9.21. The summed E-state index contributed by atoms with van der Waals surface area (Å²) in [5.41, 5.74) is 0.705. The van der Waals surface area contributed by atoms with Crippen molar-refractivity contribution in [3.05, 3.63) is 42.5 Å². The lowest BCUT2D eigenvalue weighted by Gasteiger charge is -2.05. The first kappa shape index (κ1) is 18.6. The molecule has 0 saturated heterocycles. The fourth-order valence-corrected chi connectivity index (χ4v) is 1.35. The molecule has 0 aliphatic heterocycles.